The third kappa shape index (κ3) is 3.07. The van der Waals surface area contributed by atoms with Gasteiger partial charge in [0.05, 0.1) is 0 Å². The zero-order valence-electron chi connectivity index (χ0n) is 15.7. The van der Waals surface area contributed by atoms with E-state index in [1.165, 1.54) is 0 Å². The molecule has 6 nitrogen and oxygen atoms in total. The first-order chi connectivity index (χ1) is 12.3. The number of amides is 2. The Morgan fingerprint density at radius 3 is 2.65 bits per heavy atom. The first-order valence-electron chi connectivity index (χ1n) is 9.51. The zero-order chi connectivity index (χ0) is 18.5. The van der Waals surface area contributed by atoms with Gasteiger partial charge in [0.15, 0.2) is 0 Å². The van der Waals surface area contributed by atoms with E-state index in [4.69, 9.17) is 0 Å². The zero-order valence-corrected chi connectivity index (χ0v) is 15.7. The lowest BCUT2D eigenvalue weighted by Gasteiger charge is -2.37. The molecule has 3 heterocycles. The molecule has 26 heavy (non-hydrogen) atoms. The van der Waals surface area contributed by atoms with Crippen LogP contribution in [-0.2, 0) is 16.0 Å². The summed E-state index contributed by atoms with van der Waals surface area (Å²) in [5.41, 5.74) is 1.82. The first kappa shape index (κ1) is 17.3. The van der Waals surface area contributed by atoms with Crippen molar-refractivity contribution in [3.8, 4) is 0 Å². The summed E-state index contributed by atoms with van der Waals surface area (Å²) in [4.78, 5) is 28.1. The summed E-state index contributed by atoms with van der Waals surface area (Å²) < 4.78 is 0. The Balaban J connectivity index is 1.46. The highest BCUT2D eigenvalue weighted by Gasteiger charge is 2.45. The second-order valence-corrected chi connectivity index (χ2v) is 8.85. The minimum atomic E-state index is -0.514. The van der Waals surface area contributed by atoms with Gasteiger partial charge in [0.1, 0.15) is 12.1 Å². The van der Waals surface area contributed by atoms with Gasteiger partial charge < -0.3 is 20.9 Å². The van der Waals surface area contributed by atoms with Gasteiger partial charge in [-0.15, -0.1) is 0 Å². The summed E-state index contributed by atoms with van der Waals surface area (Å²) in [6.45, 7) is 7.65. The van der Waals surface area contributed by atoms with Gasteiger partial charge in [-0.3, -0.25) is 9.59 Å². The van der Waals surface area contributed by atoms with Crippen molar-refractivity contribution in [3.05, 3.63) is 29.8 Å². The Labute approximate surface area is 154 Å². The van der Waals surface area contributed by atoms with Crippen molar-refractivity contribution in [2.24, 2.45) is 5.41 Å². The number of likely N-dealkylation sites (tertiary alicyclic amines) is 1. The number of hydrogen-bond acceptors (Lipinski definition) is 4. The van der Waals surface area contributed by atoms with Gasteiger partial charge in [-0.25, -0.2) is 0 Å². The number of nitrogens with one attached hydrogen (secondary N) is 3. The first-order valence-corrected chi connectivity index (χ1v) is 9.51. The molecule has 6 heteroatoms. The second kappa shape index (κ2) is 6.27. The standard InChI is InChI=1S/C20H28N4O2/c1-20(2,3)17(19(26)24-11-13-9-14(24)10-21-13)23-18(25)16-8-12-6-4-5-7-15(12)22-16/h4-7,13-14,16-17,21-22H,8-11H2,1-3H3,(H,23,25)/t13-,14-,16?,17+/m0/s1. The SMILES string of the molecule is CC(C)(C)[C@H](NC(=O)C1Cc2ccccc2N1)C(=O)N1C[C@@H]2C[C@H]1CN2. The average Bonchev–Trinajstić information content (AvgIpc) is 3.31. The number of carbonyl (C=O) groups excluding carboxylic acids is 2. The van der Waals surface area contributed by atoms with Crippen LogP contribution in [0.4, 0.5) is 5.69 Å². The summed E-state index contributed by atoms with van der Waals surface area (Å²) in [5, 5.41) is 9.76. The molecule has 3 aliphatic heterocycles. The molecular formula is C20H28N4O2. The van der Waals surface area contributed by atoms with Gasteiger partial charge in [-0.2, -0.15) is 0 Å². The van der Waals surface area contributed by atoms with Gasteiger partial charge in [-0.05, 0) is 23.5 Å². The Bertz CT molecular complexity index is 702. The largest absolute Gasteiger partial charge is 0.373 e. The van der Waals surface area contributed by atoms with Gasteiger partial charge in [0.2, 0.25) is 11.8 Å². The fraction of sp³-hybridized carbons (Fsp3) is 0.600. The second-order valence-electron chi connectivity index (χ2n) is 8.85. The van der Waals surface area contributed by atoms with Crippen LogP contribution in [0, 0.1) is 5.41 Å². The van der Waals surface area contributed by atoms with E-state index in [1.807, 2.05) is 49.9 Å². The molecule has 0 spiro atoms. The molecule has 0 saturated carbocycles. The van der Waals surface area contributed by atoms with Crippen LogP contribution in [0.1, 0.15) is 32.8 Å². The number of carbonyl (C=O) groups is 2. The Kier molecular flexibility index (Phi) is 4.18. The molecule has 0 aliphatic carbocycles. The monoisotopic (exact) mass is 356 g/mol. The van der Waals surface area contributed by atoms with E-state index >= 15 is 0 Å². The fourth-order valence-electron chi connectivity index (χ4n) is 4.34. The van der Waals surface area contributed by atoms with Gasteiger partial charge >= 0.3 is 0 Å². The summed E-state index contributed by atoms with van der Waals surface area (Å²) in [5.74, 6) is -0.0488. The lowest BCUT2D eigenvalue weighted by Crippen LogP contribution is -2.59. The van der Waals surface area contributed by atoms with Crippen molar-refractivity contribution in [2.75, 3.05) is 18.4 Å². The van der Waals surface area contributed by atoms with Crippen LogP contribution in [0.25, 0.3) is 0 Å². The molecule has 2 saturated heterocycles. The third-order valence-electron chi connectivity index (χ3n) is 5.83. The van der Waals surface area contributed by atoms with Crippen LogP contribution in [0.15, 0.2) is 24.3 Å². The summed E-state index contributed by atoms with van der Waals surface area (Å²) >= 11 is 0. The highest BCUT2D eigenvalue weighted by molar-refractivity contribution is 5.93. The lowest BCUT2D eigenvalue weighted by molar-refractivity contribution is -0.140. The predicted molar refractivity (Wildman–Crippen MR) is 101 cm³/mol. The molecule has 2 fully saturated rings. The van der Waals surface area contributed by atoms with Crippen molar-refractivity contribution in [1.29, 1.82) is 0 Å². The van der Waals surface area contributed by atoms with E-state index in [-0.39, 0.29) is 29.3 Å². The predicted octanol–water partition coefficient (Wildman–Crippen LogP) is 1.13. The molecule has 3 aliphatic rings. The Morgan fingerprint density at radius 2 is 2.04 bits per heavy atom. The molecule has 4 atom stereocenters. The number of nitrogens with zero attached hydrogens (tertiary/aromatic N) is 1. The normalized spacial score (nSPS) is 27.8. The molecule has 3 N–H and O–H groups in total. The maximum atomic E-state index is 13.2. The molecule has 0 aromatic heterocycles. The molecule has 2 amide bonds. The fourth-order valence-corrected chi connectivity index (χ4v) is 4.34. The maximum absolute atomic E-state index is 13.2. The van der Waals surface area contributed by atoms with Crippen LogP contribution in [-0.4, -0.2) is 54.0 Å². The Hall–Kier alpha value is -2.08. The number of para-hydroxylation sites is 1. The number of anilines is 1. The molecule has 0 radical (unpaired) electrons. The minimum absolute atomic E-state index is 0.0513. The van der Waals surface area contributed by atoms with Crippen molar-refractivity contribution in [3.63, 3.8) is 0 Å². The van der Waals surface area contributed by atoms with Crippen LogP contribution < -0.4 is 16.0 Å². The molecule has 2 bridgehead atoms. The smallest absolute Gasteiger partial charge is 0.246 e. The van der Waals surface area contributed by atoms with E-state index in [1.54, 1.807) is 0 Å². The summed E-state index contributed by atoms with van der Waals surface area (Å²) in [6, 6.07) is 7.82. The lowest BCUT2D eigenvalue weighted by atomic mass is 9.85. The molecule has 4 rings (SSSR count). The van der Waals surface area contributed by atoms with Crippen molar-refractivity contribution >= 4 is 17.5 Å². The Morgan fingerprint density at radius 1 is 1.27 bits per heavy atom. The van der Waals surface area contributed by atoms with Crippen LogP contribution in [0.2, 0.25) is 0 Å². The van der Waals surface area contributed by atoms with E-state index < -0.39 is 6.04 Å². The maximum Gasteiger partial charge on any atom is 0.246 e. The van der Waals surface area contributed by atoms with Crippen LogP contribution >= 0.6 is 0 Å². The highest BCUT2D eigenvalue weighted by Crippen LogP contribution is 2.29. The van der Waals surface area contributed by atoms with E-state index in [0.29, 0.717) is 12.5 Å². The number of rotatable bonds is 3. The number of hydrogen-bond donors (Lipinski definition) is 3. The van der Waals surface area contributed by atoms with Gasteiger partial charge in [0.25, 0.3) is 0 Å². The third-order valence-corrected chi connectivity index (χ3v) is 5.83. The van der Waals surface area contributed by atoms with Crippen LogP contribution in [0.3, 0.4) is 0 Å². The minimum Gasteiger partial charge on any atom is -0.373 e. The summed E-state index contributed by atoms with van der Waals surface area (Å²) in [7, 11) is 0. The van der Waals surface area contributed by atoms with Crippen LogP contribution in [0.5, 0.6) is 0 Å². The van der Waals surface area contributed by atoms with Gasteiger partial charge in [0, 0.05) is 37.3 Å². The number of fused-ring (bicyclic) bond motifs is 3. The van der Waals surface area contributed by atoms with E-state index in [9.17, 15) is 9.59 Å². The van der Waals surface area contributed by atoms with Crippen molar-refractivity contribution in [1.82, 2.24) is 15.5 Å². The molecule has 1 aromatic carbocycles. The topological polar surface area (TPSA) is 73.5 Å². The molecule has 1 aromatic rings. The molecular weight excluding hydrogens is 328 g/mol. The quantitative estimate of drug-likeness (QED) is 0.759. The highest BCUT2D eigenvalue weighted by atomic mass is 16.2. The average molecular weight is 356 g/mol. The van der Waals surface area contributed by atoms with E-state index in [0.717, 1.165) is 30.8 Å². The van der Waals surface area contributed by atoms with Crippen molar-refractivity contribution in [2.45, 2.75) is 57.8 Å². The summed E-state index contributed by atoms with van der Waals surface area (Å²) in [6.07, 6.45) is 1.68. The molecule has 1 unspecified atom stereocenters. The molecule has 140 valence electrons. The van der Waals surface area contributed by atoms with Gasteiger partial charge in [-0.1, -0.05) is 39.0 Å². The van der Waals surface area contributed by atoms with E-state index in [2.05, 4.69) is 16.0 Å². The number of piperazine rings is 1. The number of benzene rings is 1. The van der Waals surface area contributed by atoms with Crippen molar-refractivity contribution < 1.29 is 9.59 Å².